The van der Waals surface area contributed by atoms with Crippen molar-refractivity contribution in [3.63, 3.8) is 0 Å². The lowest BCUT2D eigenvalue weighted by Crippen LogP contribution is -2.26. The van der Waals surface area contributed by atoms with E-state index in [-0.39, 0.29) is 25.6 Å². The van der Waals surface area contributed by atoms with Crippen LogP contribution in [0.25, 0.3) is 0 Å². The molecule has 1 rings (SSSR count). The Morgan fingerprint density at radius 1 is 1.43 bits per heavy atom. The van der Waals surface area contributed by atoms with Gasteiger partial charge in [0.15, 0.2) is 0 Å². The highest BCUT2D eigenvalue weighted by Gasteiger charge is 2.03. The lowest BCUT2D eigenvalue weighted by atomic mass is 10.2. The number of aryl methyl sites for hydroxylation is 1. The number of halogens is 1. The largest absolute Gasteiger partial charge is 0.491 e. The van der Waals surface area contributed by atoms with Crippen LogP contribution in [0.3, 0.4) is 0 Å². The Balaban J connectivity index is 0.00000169. The number of hydrogen-bond acceptors (Lipinski definition) is 3. The van der Waals surface area contributed by atoms with Crippen molar-refractivity contribution in [3.05, 3.63) is 29.8 Å². The van der Waals surface area contributed by atoms with Gasteiger partial charge in [0, 0.05) is 6.54 Å². The molecular formula is C10H16ClNO2. The molecule has 0 aliphatic heterocycles. The van der Waals surface area contributed by atoms with E-state index in [2.05, 4.69) is 0 Å². The lowest BCUT2D eigenvalue weighted by molar-refractivity contribution is 0.114. The molecule has 0 saturated carbocycles. The Labute approximate surface area is 90.3 Å². The van der Waals surface area contributed by atoms with E-state index in [1.807, 2.05) is 31.2 Å². The SMILES string of the molecule is Cc1ccccc1OCC(O)CN.Cl. The number of nitrogens with two attached hydrogens (primary N) is 1. The zero-order chi connectivity index (χ0) is 9.68. The van der Waals surface area contributed by atoms with Crippen molar-refractivity contribution in [2.24, 2.45) is 5.73 Å². The molecular weight excluding hydrogens is 202 g/mol. The fourth-order valence-electron chi connectivity index (χ4n) is 0.972. The van der Waals surface area contributed by atoms with E-state index in [1.165, 1.54) is 0 Å². The summed E-state index contributed by atoms with van der Waals surface area (Å²) in [5.74, 6) is 0.801. The van der Waals surface area contributed by atoms with Gasteiger partial charge in [0.05, 0.1) is 0 Å². The topological polar surface area (TPSA) is 55.5 Å². The van der Waals surface area contributed by atoms with E-state index < -0.39 is 6.10 Å². The average molecular weight is 218 g/mol. The van der Waals surface area contributed by atoms with Crippen molar-refractivity contribution < 1.29 is 9.84 Å². The molecule has 0 aliphatic carbocycles. The lowest BCUT2D eigenvalue weighted by Gasteiger charge is -2.11. The Bertz CT molecular complexity index is 268. The molecule has 0 amide bonds. The van der Waals surface area contributed by atoms with Crippen LogP contribution < -0.4 is 10.5 Å². The minimum atomic E-state index is -0.584. The zero-order valence-electron chi connectivity index (χ0n) is 8.14. The number of para-hydroxylation sites is 1. The Morgan fingerprint density at radius 2 is 2.07 bits per heavy atom. The van der Waals surface area contributed by atoms with Gasteiger partial charge in [-0.15, -0.1) is 12.4 Å². The summed E-state index contributed by atoms with van der Waals surface area (Å²) in [6.45, 7) is 2.44. The maximum absolute atomic E-state index is 9.16. The first-order chi connectivity index (χ1) is 6.24. The number of rotatable bonds is 4. The van der Waals surface area contributed by atoms with E-state index in [0.29, 0.717) is 0 Å². The molecule has 0 heterocycles. The Kier molecular flexibility index (Phi) is 6.28. The van der Waals surface area contributed by atoms with Crippen LogP contribution in [0.2, 0.25) is 0 Å². The highest BCUT2D eigenvalue weighted by atomic mass is 35.5. The van der Waals surface area contributed by atoms with E-state index >= 15 is 0 Å². The van der Waals surface area contributed by atoms with Gasteiger partial charge in [-0.2, -0.15) is 0 Å². The summed E-state index contributed by atoms with van der Waals surface area (Å²) >= 11 is 0. The molecule has 0 radical (unpaired) electrons. The normalized spacial score (nSPS) is 11.6. The third kappa shape index (κ3) is 3.96. The fourth-order valence-corrected chi connectivity index (χ4v) is 0.972. The smallest absolute Gasteiger partial charge is 0.122 e. The molecule has 1 aromatic rings. The molecule has 0 aromatic heterocycles. The molecule has 0 spiro atoms. The average Bonchev–Trinajstić information content (AvgIpc) is 2.16. The van der Waals surface area contributed by atoms with Crippen LogP contribution in [0.1, 0.15) is 5.56 Å². The summed E-state index contributed by atoms with van der Waals surface area (Å²) in [5, 5.41) is 9.16. The second-order valence-corrected chi connectivity index (χ2v) is 2.97. The van der Waals surface area contributed by atoms with Gasteiger partial charge < -0.3 is 15.6 Å². The predicted molar refractivity (Wildman–Crippen MR) is 59.0 cm³/mol. The number of benzene rings is 1. The summed E-state index contributed by atoms with van der Waals surface area (Å²) in [6.07, 6.45) is -0.584. The number of aliphatic hydroxyl groups excluding tert-OH is 1. The first kappa shape index (κ1) is 13.2. The van der Waals surface area contributed by atoms with Crippen molar-refractivity contribution in [1.29, 1.82) is 0 Å². The highest BCUT2D eigenvalue weighted by Crippen LogP contribution is 2.15. The van der Waals surface area contributed by atoms with Crippen molar-refractivity contribution in [2.75, 3.05) is 13.2 Å². The van der Waals surface area contributed by atoms with Crippen LogP contribution in [-0.4, -0.2) is 24.4 Å². The third-order valence-corrected chi connectivity index (χ3v) is 1.80. The molecule has 0 aliphatic rings. The molecule has 0 fully saturated rings. The second kappa shape index (κ2) is 6.65. The fraction of sp³-hybridized carbons (Fsp3) is 0.400. The van der Waals surface area contributed by atoms with Crippen molar-refractivity contribution in [1.82, 2.24) is 0 Å². The summed E-state index contributed by atoms with van der Waals surface area (Å²) in [4.78, 5) is 0. The number of aliphatic hydroxyl groups is 1. The van der Waals surface area contributed by atoms with E-state index in [1.54, 1.807) is 0 Å². The van der Waals surface area contributed by atoms with Gasteiger partial charge in [0.2, 0.25) is 0 Å². The van der Waals surface area contributed by atoms with Gasteiger partial charge in [-0.1, -0.05) is 18.2 Å². The van der Waals surface area contributed by atoms with E-state index in [4.69, 9.17) is 15.6 Å². The zero-order valence-corrected chi connectivity index (χ0v) is 8.96. The van der Waals surface area contributed by atoms with Crippen LogP contribution in [0.4, 0.5) is 0 Å². The number of hydrogen-bond donors (Lipinski definition) is 2. The molecule has 14 heavy (non-hydrogen) atoms. The molecule has 4 heteroatoms. The van der Waals surface area contributed by atoms with E-state index in [9.17, 15) is 0 Å². The van der Waals surface area contributed by atoms with E-state index in [0.717, 1.165) is 11.3 Å². The molecule has 3 N–H and O–H groups in total. The quantitative estimate of drug-likeness (QED) is 0.795. The molecule has 0 saturated heterocycles. The van der Waals surface area contributed by atoms with Crippen LogP contribution in [0.5, 0.6) is 5.75 Å². The maximum Gasteiger partial charge on any atom is 0.122 e. The van der Waals surface area contributed by atoms with Crippen LogP contribution >= 0.6 is 12.4 Å². The minimum Gasteiger partial charge on any atom is -0.491 e. The molecule has 0 bridgehead atoms. The summed E-state index contributed by atoms with van der Waals surface area (Å²) < 4.78 is 5.36. The molecule has 1 aromatic carbocycles. The molecule has 3 nitrogen and oxygen atoms in total. The second-order valence-electron chi connectivity index (χ2n) is 2.97. The number of ether oxygens (including phenoxy) is 1. The monoisotopic (exact) mass is 217 g/mol. The summed E-state index contributed by atoms with van der Waals surface area (Å²) in [5.41, 5.74) is 6.31. The summed E-state index contributed by atoms with van der Waals surface area (Å²) in [6, 6.07) is 7.68. The third-order valence-electron chi connectivity index (χ3n) is 1.80. The van der Waals surface area contributed by atoms with Crippen molar-refractivity contribution >= 4 is 12.4 Å². The Morgan fingerprint density at radius 3 is 2.64 bits per heavy atom. The summed E-state index contributed by atoms with van der Waals surface area (Å²) in [7, 11) is 0. The minimum absolute atomic E-state index is 0. The molecule has 1 atom stereocenters. The van der Waals surface area contributed by atoms with Crippen LogP contribution in [0.15, 0.2) is 24.3 Å². The van der Waals surface area contributed by atoms with Crippen LogP contribution in [0, 0.1) is 6.92 Å². The predicted octanol–water partition coefficient (Wildman–Crippen LogP) is 1.12. The van der Waals surface area contributed by atoms with Gasteiger partial charge >= 0.3 is 0 Å². The molecule has 80 valence electrons. The first-order valence-corrected chi connectivity index (χ1v) is 4.30. The van der Waals surface area contributed by atoms with Gasteiger partial charge in [-0.05, 0) is 18.6 Å². The van der Waals surface area contributed by atoms with Gasteiger partial charge in [-0.25, -0.2) is 0 Å². The van der Waals surface area contributed by atoms with Crippen molar-refractivity contribution in [2.45, 2.75) is 13.0 Å². The molecule has 1 unspecified atom stereocenters. The van der Waals surface area contributed by atoms with Gasteiger partial charge in [0.1, 0.15) is 18.5 Å². The first-order valence-electron chi connectivity index (χ1n) is 4.30. The Hall–Kier alpha value is -0.770. The van der Waals surface area contributed by atoms with Crippen molar-refractivity contribution in [3.8, 4) is 5.75 Å². The van der Waals surface area contributed by atoms with Gasteiger partial charge in [0.25, 0.3) is 0 Å². The maximum atomic E-state index is 9.16. The van der Waals surface area contributed by atoms with Gasteiger partial charge in [-0.3, -0.25) is 0 Å². The highest BCUT2D eigenvalue weighted by molar-refractivity contribution is 5.85. The van der Waals surface area contributed by atoms with Crippen LogP contribution in [-0.2, 0) is 0 Å². The standard InChI is InChI=1S/C10H15NO2.ClH/c1-8-4-2-3-5-10(8)13-7-9(12)6-11;/h2-5,9,12H,6-7,11H2,1H3;1H.